The van der Waals surface area contributed by atoms with Crippen molar-refractivity contribution in [2.75, 3.05) is 5.84 Å². The lowest BCUT2D eigenvalue weighted by atomic mass is 10.2. The fourth-order valence-electron chi connectivity index (χ4n) is 2.57. The molecule has 0 atom stereocenters. The van der Waals surface area contributed by atoms with Crippen molar-refractivity contribution in [1.29, 1.82) is 0 Å². The zero-order chi connectivity index (χ0) is 11.4. The Morgan fingerprint density at radius 3 is 2.50 bits per heavy atom. The summed E-state index contributed by atoms with van der Waals surface area (Å²) >= 11 is 0. The summed E-state index contributed by atoms with van der Waals surface area (Å²) in [6.45, 7) is 4.18. The molecule has 0 fully saturated rings. The summed E-state index contributed by atoms with van der Waals surface area (Å²) in [6, 6.07) is 8.37. The van der Waals surface area contributed by atoms with Gasteiger partial charge in [-0.25, -0.2) is 0 Å². The Morgan fingerprint density at radius 2 is 1.75 bits per heavy atom. The first-order valence-corrected chi connectivity index (χ1v) is 5.43. The molecule has 3 rings (SSSR count). The molecule has 16 heavy (non-hydrogen) atoms. The first-order valence-electron chi connectivity index (χ1n) is 5.43. The van der Waals surface area contributed by atoms with E-state index in [-0.39, 0.29) is 0 Å². The number of nitrogens with zero attached hydrogens (tertiary/aromatic N) is 2. The monoisotopic (exact) mass is 213 g/mol. The molecule has 2 heterocycles. The van der Waals surface area contributed by atoms with Crippen molar-refractivity contribution in [3.8, 4) is 0 Å². The molecule has 3 nitrogen and oxygen atoms in total. The van der Waals surface area contributed by atoms with E-state index in [0.717, 1.165) is 11.2 Å². The first kappa shape index (κ1) is 9.33. The number of nitrogen functional groups attached to an aromatic ring is 1. The van der Waals surface area contributed by atoms with Gasteiger partial charge < -0.3 is 10.4 Å². The number of fused-ring (bicyclic) bond motifs is 3. The molecule has 0 saturated heterocycles. The molecule has 0 unspecified atom stereocenters. The van der Waals surface area contributed by atoms with Crippen LogP contribution in [0.3, 0.4) is 0 Å². The van der Waals surface area contributed by atoms with Crippen molar-refractivity contribution in [2.24, 2.45) is 7.05 Å². The molecule has 3 heteroatoms. The van der Waals surface area contributed by atoms with E-state index in [1.807, 2.05) is 0 Å². The van der Waals surface area contributed by atoms with E-state index >= 15 is 0 Å². The molecule has 2 N–H and O–H groups in total. The van der Waals surface area contributed by atoms with Crippen molar-refractivity contribution in [2.45, 2.75) is 13.8 Å². The summed E-state index contributed by atoms with van der Waals surface area (Å²) in [7, 11) is 2.09. The highest BCUT2D eigenvalue weighted by molar-refractivity contribution is 6.08. The molecule has 0 bridgehead atoms. The Morgan fingerprint density at radius 1 is 1.06 bits per heavy atom. The molecule has 1 aromatic carbocycles. The highest BCUT2D eigenvalue weighted by Crippen LogP contribution is 2.32. The van der Waals surface area contributed by atoms with E-state index in [1.54, 1.807) is 4.68 Å². The topological polar surface area (TPSA) is 35.9 Å². The average molecular weight is 213 g/mol. The van der Waals surface area contributed by atoms with Gasteiger partial charge in [-0.3, -0.25) is 4.68 Å². The van der Waals surface area contributed by atoms with E-state index in [2.05, 4.69) is 49.7 Å². The minimum absolute atomic E-state index is 1.13. The molecule has 0 radical (unpaired) electrons. The standard InChI is InChI=1S/C13H15N3/c1-8-9(2)16(14)13-10-6-4-5-7-11(10)15(3)12(8)13/h4-7H,14H2,1-3H3. The third-order valence-corrected chi connectivity index (χ3v) is 3.58. The Balaban J connectivity index is 2.71. The van der Waals surface area contributed by atoms with Gasteiger partial charge in [-0.1, -0.05) is 18.2 Å². The molecule has 82 valence electrons. The smallest absolute Gasteiger partial charge is 0.0953 e. The summed E-state index contributed by atoms with van der Waals surface area (Å²) in [5.41, 5.74) is 5.99. The Hall–Kier alpha value is -1.90. The number of benzene rings is 1. The fraction of sp³-hybridized carbons (Fsp3) is 0.231. The minimum atomic E-state index is 1.13. The van der Waals surface area contributed by atoms with Crippen molar-refractivity contribution >= 4 is 21.9 Å². The number of aryl methyl sites for hydroxylation is 2. The second kappa shape index (κ2) is 2.82. The Kier molecular flexibility index (Phi) is 1.64. The highest BCUT2D eigenvalue weighted by Gasteiger charge is 2.16. The second-order valence-corrected chi connectivity index (χ2v) is 4.35. The predicted molar refractivity (Wildman–Crippen MR) is 68.0 cm³/mol. The number of hydrogen-bond acceptors (Lipinski definition) is 1. The average Bonchev–Trinajstić information content (AvgIpc) is 2.71. The SMILES string of the molecule is Cc1c(C)n(N)c2c3ccccc3n(C)c12. The molecule has 0 aliphatic heterocycles. The molecular formula is C13H15N3. The lowest BCUT2D eigenvalue weighted by molar-refractivity contribution is 0.990. The van der Waals surface area contributed by atoms with E-state index in [1.165, 1.54) is 22.0 Å². The molecule has 2 aromatic heterocycles. The normalized spacial score (nSPS) is 11.7. The lowest BCUT2D eigenvalue weighted by Crippen LogP contribution is -2.09. The highest BCUT2D eigenvalue weighted by atomic mass is 15.3. The van der Waals surface area contributed by atoms with Crippen LogP contribution in [0.4, 0.5) is 0 Å². The maximum absolute atomic E-state index is 6.12. The second-order valence-electron chi connectivity index (χ2n) is 4.35. The lowest BCUT2D eigenvalue weighted by Gasteiger charge is -2.01. The Bertz CT molecular complexity index is 701. The van der Waals surface area contributed by atoms with Gasteiger partial charge in [-0.15, -0.1) is 0 Å². The third kappa shape index (κ3) is 0.883. The number of hydrogen-bond donors (Lipinski definition) is 1. The summed E-state index contributed by atoms with van der Waals surface area (Å²) < 4.78 is 4.02. The molecular weight excluding hydrogens is 198 g/mol. The number of aromatic nitrogens is 2. The van der Waals surface area contributed by atoms with Crippen LogP contribution in [0, 0.1) is 13.8 Å². The van der Waals surface area contributed by atoms with Crippen LogP contribution < -0.4 is 5.84 Å². The van der Waals surface area contributed by atoms with Gasteiger partial charge >= 0.3 is 0 Å². The largest absolute Gasteiger partial charge is 0.342 e. The minimum Gasteiger partial charge on any atom is -0.342 e. The number of rotatable bonds is 0. The van der Waals surface area contributed by atoms with Crippen molar-refractivity contribution in [1.82, 2.24) is 9.24 Å². The summed E-state index contributed by atoms with van der Waals surface area (Å²) in [4.78, 5) is 0. The Labute approximate surface area is 94.0 Å². The number of nitrogens with two attached hydrogens (primary N) is 1. The fourth-order valence-corrected chi connectivity index (χ4v) is 2.57. The van der Waals surface area contributed by atoms with Gasteiger partial charge in [-0.2, -0.15) is 0 Å². The van der Waals surface area contributed by atoms with Gasteiger partial charge in [-0.05, 0) is 25.5 Å². The molecule has 0 amide bonds. The van der Waals surface area contributed by atoms with Gasteiger partial charge in [0.05, 0.1) is 16.6 Å². The van der Waals surface area contributed by atoms with Crippen LogP contribution in [0.2, 0.25) is 0 Å². The molecule has 3 aromatic rings. The van der Waals surface area contributed by atoms with E-state index in [9.17, 15) is 0 Å². The van der Waals surface area contributed by atoms with Crippen LogP contribution >= 0.6 is 0 Å². The van der Waals surface area contributed by atoms with Gasteiger partial charge in [0.25, 0.3) is 0 Å². The summed E-state index contributed by atoms with van der Waals surface area (Å²) in [6.07, 6.45) is 0. The van der Waals surface area contributed by atoms with Gasteiger partial charge in [0.15, 0.2) is 0 Å². The van der Waals surface area contributed by atoms with Crippen LogP contribution in [0.15, 0.2) is 24.3 Å². The zero-order valence-electron chi connectivity index (χ0n) is 9.78. The van der Waals surface area contributed by atoms with E-state index in [0.29, 0.717) is 0 Å². The van der Waals surface area contributed by atoms with Crippen LogP contribution in [0.5, 0.6) is 0 Å². The number of para-hydroxylation sites is 1. The van der Waals surface area contributed by atoms with E-state index < -0.39 is 0 Å². The zero-order valence-corrected chi connectivity index (χ0v) is 9.78. The van der Waals surface area contributed by atoms with Gasteiger partial charge in [0.1, 0.15) is 0 Å². The van der Waals surface area contributed by atoms with Crippen LogP contribution in [0.1, 0.15) is 11.3 Å². The maximum atomic E-state index is 6.12. The molecule has 0 aliphatic carbocycles. The first-order chi connectivity index (χ1) is 7.63. The van der Waals surface area contributed by atoms with Crippen LogP contribution in [-0.4, -0.2) is 9.24 Å². The van der Waals surface area contributed by atoms with Crippen molar-refractivity contribution < 1.29 is 0 Å². The maximum Gasteiger partial charge on any atom is 0.0953 e. The molecule has 0 aliphatic rings. The van der Waals surface area contributed by atoms with Gasteiger partial charge in [0.2, 0.25) is 0 Å². The molecule has 0 saturated carbocycles. The summed E-state index contributed by atoms with van der Waals surface area (Å²) in [5, 5.41) is 1.22. The van der Waals surface area contributed by atoms with Gasteiger partial charge in [0, 0.05) is 18.1 Å². The summed E-state index contributed by atoms with van der Waals surface area (Å²) in [5.74, 6) is 6.12. The van der Waals surface area contributed by atoms with Crippen LogP contribution in [0.25, 0.3) is 21.9 Å². The van der Waals surface area contributed by atoms with Crippen molar-refractivity contribution in [3.05, 3.63) is 35.5 Å². The van der Waals surface area contributed by atoms with E-state index in [4.69, 9.17) is 5.84 Å². The van der Waals surface area contributed by atoms with Crippen molar-refractivity contribution in [3.63, 3.8) is 0 Å². The third-order valence-electron chi connectivity index (χ3n) is 3.58. The quantitative estimate of drug-likeness (QED) is 0.572. The van der Waals surface area contributed by atoms with Crippen LogP contribution in [-0.2, 0) is 7.05 Å². The molecule has 0 spiro atoms. The predicted octanol–water partition coefficient (Wildman–Crippen LogP) is 2.46.